The minimum Gasteiger partial charge on any atom is -0.486 e. The van der Waals surface area contributed by atoms with Crippen molar-refractivity contribution in [3.63, 3.8) is 0 Å². The zero-order valence-electron chi connectivity index (χ0n) is 10.6. The summed E-state index contributed by atoms with van der Waals surface area (Å²) in [5.74, 6) is -0.0345. The van der Waals surface area contributed by atoms with Crippen LogP contribution in [0.3, 0.4) is 0 Å². The monoisotopic (exact) mass is 255 g/mol. The molecule has 1 heterocycles. The Bertz CT molecular complexity index is 703. The molecule has 0 amide bonds. The van der Waals surface area contributed by atoms with Crippen molar-refractivity contribution in [3.8, 4) is 5.75 Å². The van der Waals surface area contributed by atoms with Gasteiger partial charge >= 0.3 is 0 Å². The molecule has 0 atom stereocenters. The SMILES string of the molecule is Cn1ccc2cc(OCc3ccccc3)c(F)cc21. The summed E-state index contributed by atoms with van der Waals surface area (Å²) in [5, 5.41) is 0.979. The molecule has 0 unspecified atom stereocenters. The van der Waals surface area contributed by atoms with Crippen LogP contribution in [0, 0.1) is 5.82 Å². The van der Waals surface area contributed by atoms with Gasteiger partial charge in [-0.2, -0.15) is 0 Å². The summed E-state index contributed by atoms with van der Waals surface area (Å²) in [6, 6.07) is 14.9. The molecule has 19 heavy (non-hydrogen) atoms. The summed E-state index contributed by atoms with van der Waals surface area (Å²) in [6.07, 6.45) is 1.91. The first-order chi connectivity index (χ1) is 9.24. The summed E-state index contributed by atoms with van der Waals surface area (Å²) >= 11 is 0. The first-order valence-electron chi connectivity index (χ1n) is 6.15. The van der Waals surface area contributed by atoms with Crippen molar-refractivity contribution in [1.29, 1.82) is 0 Å². The first-order valence-corrected chi connectivity index (χ1v) is 6.15. The Morgan fingerprint density at radius 1 is 1.11 bits per heavy atom. The third kappa shape index (κ3) is 2.32. The maximum atomic E-state index is 13.9. The molecule has 0 saturated carbocycles. The average molecular weight is 255 g/mol. The third-order valence-electron chi connectivity index (χ3n) is 3.18. The van der Waals surface area contributed by atoms with E-state index in [-0.39, 0.29) is 5.82 Å². The van der Waals surface area contributed by atoms with Crippen molar-refractivity contribution < 1.29 is 9.13 Å². The minimum atomic E-state index is -0.328. The zero-order chi connectivity index (χ0) is 13.2. The van der Waals surface area contributed by atoms with Crippen LogP contribution in [0.2, 0.25) is 0 Å². The summed E-state index contributed by atoms with van der Waals surface area (Å²) in [4.78, 5) is 0. The maximum Gasteiger partial charge on any atom is 0.167 e. The van der Waals surface area contributed by atoms with E-state index in [2.05, 4.69) is 0 Å². The van der Waals surface area contributed by atoms with Gasteiger partial charge in [-0.05, 0) is 17.7 Å². The van der Waals surface area contributed by atoms with Gasteiger partial charge in [0, 0.05) is 24.7 Å². The number of benzene rings is 2. The van der Waals surface area contributed by atoms with E-state index in [1.54, 1.807) is 6.07 Å². The van der Waals surface area contributed by atoms with Gasteiger partial charge in [0.05, 0.1) is 5.52 Å². The van der Waals surface area contributed by atoms with E-state index in [0.29, 0.717) is 12.4 Å². The van der Waals surface area contributed by atoms with E-state index >= 15 is 0 Å². The molecule has 0 bridgehead atoms. The van der Waals surface area contributed by atoms with Crippen molar-refractivity contribution in [2.45, 2.75) is 6.61 Å². The zero-order valence-corrected chi connectivity index (χ0v) is 10.6. The molecule has 0 spiro atoms. The van der Waals surface area contributed by atoms with Crippen molar-refractivity contribution in [2.75, 3.05) is 0 Å². The second-order valence-corrected chi connectivity index (χ2v) is 4.54. The van der Waals surface area contributed by atoms with E-state index in [1.807, 2.05) is 54.2 Å². The molecule has 0 aliphatic rings. The highest BCUT2D eigenvalue weighted by Crippen LogP contribution is 2.25. The number of rotatable bonds is 3. The lowest BCUT2D eigenvalue weighted by Crippen LogP contribution is -1.97. The second kappa shape index (κ2) is 4.76. The number of aryl methyl sites for hydroxylation is 1. The number of aromatic nitrogens is 1. The van der Waals surface area contributed by atoms with E-state index < -0.39 is 0 Å². The molecule has 1 aromatic heterocycles. The number of halogens is 1. The third-order valence-corrected chi connectivity index (χ3v) is 3.18. The Kier molecular flexibility index (Phi) is 2.95. The molecule has 0 aliphatic carbocycles. The fraction of sp³-hybridized carbons (Fsp3) is 0.125. The van der Waals surface area contributed by atoms with E-state index in [1.165, 1.54) is 6.07 Å². The van der Waals surface area contributed by atoms with Gasteiger partial charge in [0.15, 0.2) is 11.6 Å². The Balaban J connectivity index is 1.86. The molecule has 0 N–H and O–H groups in total. The molecular formula is C16H14FNO. The second-order valence-electron chi connectivity index (χ2n) is 4.54. The number of hydrogen-bond acceptors (Lipinski definition) is 1. The van der Waals surface area contributed by atoms with Gasteiger partial charge in [-0.25, -0.2) is 4.39 Å². The van der Waals surface area contributed by atoms with Crippen LogP contribution in [0.5, 0.6) is 5.75 Å². The van der Waals surface area contributed by atoms with Crippen LogP contribution in [0.1, 0.15) is 5.56 Å². The Hall–Kier alpha value is -2.29. The van der Waals surface area contributed by atoms with Gasteiger partial charge in [0.1, 0.15) is 6.61 Å². The van der Waals surface area contributed by atoms with Crippen LogP contribution in [-0.2, 0) is 13.7 Å². The smallest absolute Gasteiger partial charge is 0.167 e. The van der Waals surface area contributed by atoms with Crippen LogP contribution in [0.15, 0.2) is 54.7 Å². The van der Waals surface area contributed by atoms with Gasteiger partial charge in [-0.3, -0.25) is 0 Å². The molecular weight excluding hydrogens is 241 g/mol. The topological polar surface area (TPSA) is 14.2 Å². The molecule has 0 saturated heterocycles. The van der Waals surface area contributed by atoms with E-state index in [0.717, 1.165) is 16.5 Å². The molecule has 3 heteroatoms. The van der Waals surface area contributed by atoms with Gasteiger partial charge < -0.3 is 9.30 Å². The lowest BCUT2D eigenvalue weighted by molar-refractivity contribution is 0.291. The molecule has 3 rings (SSSR count). The number of fused-ring (bicyclic) bond motifs is 1. The fourth-order valence-corrected chi connectivity index (χ4v) is 2.12. The highest BCUT2D eigenvalue weighted by atomic mass is 19.1. The highest BCUT2D eigenvalue weighted by Gasteiger charge is 2.08. The summed E-state index contributed by atoms with van der Waals surface area (Å²) < 4.78 is 21.4. The first kappa shape index (κ1) is 11.8. The van der Waals surface area contributed by atoms with Gasteiger partial charge in [-0.1, -0.05) is 30.3 Å². The van der Waals surface area contributed by atoms with Crippen LogP contribution in [0.25, 0.3) is 10.9 Å². The quantitative estimate of drug-likeness (QED) is 0.692. The Labute approximate surface area is 111 Å². The van der Waals surface area contributed by atoms with Crippen LogP contribution < -0.4 is 4.74 Å². The number of ether oxygens (including phenoxy) is 1. The van der Waals surface area contributed by atoms with E-state index in [4.69, 9.17) is 4.74 Å². The number of nitrogens with zero attached hydrogens (tertiary/aromatic N) is 1. The summed E-state index contributed by atoms with van der Waals surface area (Å²) in [5.41, 5.74) is 1.89. The Morgan fingerprint density at radius 3 is 2.68 bits per heavy atom. The maximum absolute atomic E-state index is 13.9. The summed E-state index contributed by atoms with van der Waals surface area (Å²) in [6.45, 7) is 0.371. The number of hydrogen-bond donors (Lipinski definition) is 0. The van der Waals surface area contributed by atoms with Gasteiger partial charge in [0.25, 0.3) is 0 Å². The van der Waals surface area contributed by atoms with E-state index in [9.17, 15) is 4.39 Å². The standard InChI is InChI=1S/C16H14FNO/c1-18-8-7-13-9-16(14(17)10-15(13)18)19-11-12-5-3-2-4-6-12/h2-10H,11H2,1H3. The van der Waals surface area contributed by atoms with Crippen LogP contribution >= 0.6 is 0 Å². The van der Waals surface area contributed by atoms with Gasteiger partial charge in [0.2, 0.25) is 0 Å². The minimum absolute atomic E-state index is 0.294. The lowest BCUT2D eigenvalue weighted by Gasteiger charge is -2.08. The molecule has 96 valence electrons. The molecule has 2 nitrogen and oxygen atoms in total. The normalized spacial score (nSPS) is 10.8. The van der Waals surface area contributed by atoms with Crippen molar-refractivity contribution in [3.05, 3.63) is 66.1 Å². The lowest BCUT2D eigenvalue weighted by atomic mass is 10.2. The van der Waals surface area contributed by atoms with Crippen molar-refractivity contribution >= 4 is 10.9 Å². The van der Waals surface area contributed by atoms with Crippen molar-refractivity contribution in [2.24, 2.45) is 7.05 Å². The largest absolute Gasteiger partial charge is 0.486 e. The highest BCUT2D eigenvalue weighted by molar-refractivity contribution is 5.81. The average Bonchev–Trinajstić information content (AvgIpc) is 2.78. The molecule has 2 aromatic carbocycles. The van der Waals surface area contributed by atoms with Gasteiger partial charge in [-0.15, -0.1) is 0 Å². The predicted octanol–water partition coefficient (Wildman–Crippen LogP) is 3.90. The van der Waals surface area contributed by atoms with Crippen LogP contribution in [0.4, 0.5) is 4.39 Å². The molecule has 0 radical (unpaired) electrons. The van der Waals surface area contributed by atoms with Crippen LogP contribution in [-0.4, -0.2) is 4.57 Å². The summed E-state index contributed by atoms with van der Waals surface area (Å²) in [7, 11) is 1.90. The Morgan fingerprint density at radius 2 is 1.89 bits per heavy atom. The molecule has 0 aliphatic heterocycles. The fourth-order valence-electron chi connectivity index (χ4n) is 2.12. The van der Waals surface area contributed by atoms with Crippen molar-refractivity contribution in [1.82, 2.24) is 4.57 Å². The molecule has 0 fully saturated rings. The molecule has 3 aromatic rings. The predicted molar refractivity (Wildman–Crippen MR) is 73.7 cm³/mol.